The van der Waals surface area contributed by atoms with E-state index in [0.717, 1.165) is 29.7 Å². The topological polar surface area (TPSA) is 40.5 Å². The second-order valence-corrected chi connectivity index (χ2v) is 9.35. The lowest BCUT2D eigenvalue weighted by Crippen LogP contribution is -2.47. The quantitative estimate of drug-likeness (QED) is 0.752. The fourth-order valence-corrected chi connectivity index (χ4v) is 6.17. The van der Waals surface area contributed by atoms with Crippen LogP contribution in [0, 0.1) is 34.5 Å². The summed E-state index contributed by atoms with van der Waals surface area (Å²) < 4.78 is 0. The molecule has 0 spiro atoms. The molecule has 2 heteroatoms. The van der Waals surface area contributed by atoms with Crippen molar-refractivity contribution in [1.29, 1.82) is 0 Å². The maximum Gasteiger partial charge on any atom is 0.0642 e. The average Bonchev–Trinajstić information content (AvgIpc) is 2.72. The fourth-order valence-electron chi connectivity index (χ4n) is 6.17. The molecule has 2 N–H and O–H groups in total. The first-order chi connectivity index (χ1) is 10.3. The molecule has 0 aromatic carbocycles. The molecule has 22 heavy (non-hydrogen) atoms. The Morgan fingerprint density at radius 1 is 1.18 bits per heavy atom. The van der Waals surface area contributed by atoms with Crippen molar-refractivity contribution < 1.29 is 10.2 Å². The summed E-state index contributed by atoms with van der Waals surface area (Å²) in [5.41, 5.74) is 1.74. The fraction of sp³-hybridized carbons (Fsp3) is 0.900. The number of hydrogen-bond acceptors (Lipinski definition) is 2. The molecule has 3 aliphatic rings. The van der Waals surface area contributed by atoms with E-state index < -0.39 is 0 Å². The van der Waals surface area contributed by atoms with Crippen molar-refractivity contribution in [3.05, 3.63) is 11.6 Å². The number of hydrogen-bond donors (Lipinski definition) is 2. The van der Waals surface area contributed by atoms with Gasteiger partial charge in [-0.25, -0.2) is 0 Å². The standard InChI is InChI=1S/C20H34O2/c1-13(2)16-5-6-19(3)7-8-20(4)11-15(22)9-14(12-21)10-17(20)18(16)19/h10,13,15-18,21-22H,5-9,11-12H2,1-4H3/t15?,16-,17-,18-,19-,20+/m1/s1. The minimum Gasteiger partial charge on any atom is -0.393 e. The number of aliphatic hydroxyl groups is 2. The van der Waals surface area contributed by atoms with Crippen molar-refractivity contribution in [1.82, 2.24) is 0 Å². The van der Waals surface area contributed by atoms with Crippen LogP contribution in [0.15, 0.2) is 11.6 Å². The molecule has 0 aromatic heterocycles. The van der Waals surface area contributed by atoms with Gasteiger partial charge in [0.2, 0.25) is 0 Å². The van der Waals surface area contributed by atoms with E-state index in [1.54, 1.807) is 0 Å². The van der Waals surface area contributed by atoms with Gasteiger partial charge in [-0.3, -0.25) is 0 Å². The minimum atomic E-state index is -0.281. The number of rotatable bonds is 2. The third kappa shape index (κ3) is 2.57. The molecular weight excluding hydrogens is 272 g/mol. The van der Waals surface area contributed by atoms with Gasteiger partial charge < -0.3 is 10.2 Å². The van der Waals surface area contributed by atoms with Gasteiger partial charge in [-0.2, -0.15) is 0 Å². The largest absolute Gasteiger partial charge is 0.393 e. The van der Waals surface area contributed by atoms with Gasteiger partial charge in [0.15, 0.2) is 0 Å². The molecule has 0 saturated heterocycles. The van der Waals surface area contributed by atoms with Crippen LogP contribution in [0.2, 0.25) is 0 Å². The summed E-state index contributed by atoms with van der Waals surface area (Å²) in [5, 5.41) is 20.1. The van der Waals surface area contributed by atoms with Gasteiger partial charge in [0.25, 0.3) is 0 Å². The summed E-state index contributed by atoms with van der Waals surface area (Å²) in [5.74, 6) is 2.77. The average molecular weight is 306 g/mol. The highest BCUT2D eigenvalue weighted by Gasteiger charge is 2.57. The molecule has 3 rings (SSSR count). The summed E-state index contributed by atoms with van der Waals surface area (Å²) in [6, 6.07) is 0. The van der Waals surface area contributed by atoms with Crippen LogP contribution >= 0.6 is 0 Å². The van der Waals surface area contributed by atoms with E-state index in [4.69, 9.17) is 0 Å². The van der Waals surface area contributed by atoms with Crippen LogP contribution in [0.3, 0.4) is 0 Å². The van der Waals surface area contributed by atoms with E-state index in [9.17, 15) is 10.2 Å². The van der Waals surface area contributed by atoms with Gasteiger partial charge >= 0.3 is 0 Å². The molecular formula is C20H34O2. The Labute approximate surface area is 136 Å². The molecule has 2 nitrogen and oxygen atoms in total. The second kappa shape index (κ2) is 5.63. The van der Waals surface area contributed by atoms with E-state index in [1.807, 2.05) is 0 Å². The third-order valence-corrected chi connectivity index (χ3v) is 7.45. The molecule has 0 radical (unpaired) electrons. The van der Waals surface area contributed by atoms with Crippen LogP contribution in [0.5, 0.6) is 0 Å². The monoisotopic (exact) mass is 306 g/mol. The van der Waals surface area contributed by atoms with E-state index >= 15 is 0 Å². The molecule has 3 aliphatic carbocycles. The van der Waals surface area contributed by atoms with E-state index in [-0.39, 0.29) is 18.1 Å². The molecule has 0 heterocycles. The Kier molecular flexibility index (Phi) is 4.23. The summed E-state index contributed by atoms with van der Waals surface area (Å²) in [7, 11) is 0. The Bertz CT molecular complexity index is 455. The Hall–Kier alpha value is -0.340. The number of aliphatic hydroxyl groups excluding tert-OH is 2. The van der Waals surface area contributed by atoms with Gasteiger partial charge in [-0.1, -0.05) is 33.8 Å². The van der Waals surface area contributed by atoms with Crippen LogP contribution in [-0.4, -0.2) is 22.9 Å². The maximum atomic E-state index is 10.4. The summed E-state index contributed by atoms with van der Waals surface area (Å²) >= 11 is 0. The molecule has 1 unspecified atom stereocenters. The smallest absolute Gasteiger partial charge is 0.0642 e. The van der Waals surface area contributed by atoms with Crippen molar-refractivity contribution in [3.8, 4) is 0 Å². The second-order valence-electron chi connectivity index (χ2n) is 9.35. The van der Waals surface area contributed by atoms with Crippen molar-refractivity contribution in [2.24, 2.45) is 34.5 Å². The summed E-state index contributed by atoms with van der Waals surface area (Å²) in [6.07, 6.45) is 8.92. The van der Waals surface area contributed by atoms with Gasteiger partial charge in [0.05, 0.1) is 12.7 Å². The zero-order chi connectivity index (χ0) is 16.1. The first kappa shape index (κ1) is 16.5. The first-order valence-electron chi connectivity index (χ1n) is 9.27. The van der Waals surface area contributed by atoms with Crippen molar-refractivity contribution in [2.75, 3.05) is 6.61 Å². The molecule has 0 bridgehead atoms. The van der Waals surface area contributed by atoms with E-state index in [2.05, 4.69) is 33.8 Å². The predicted molar refractivity (Wildman–Crippen MR) is 90.4 cm³/mol. The highest BCUT2D eigenvalue weighted by atomic mass is 16.3. The molecule has 126 valence electrons. The Morgan fingerprint density at radius 2 is 1.86 bits per heavy atom. The lowest BCUT2D eigenvalue weighted by Gasteiger charge is -2.53. The van der Waals surface area contributed by atoms with Crippen LogP contribution < -0.4 is 0 Å². The molecule has 2 saturated carbocycles. The number of allylic oxidation sites excluding steroid dienone is 1. The van der Waals surface area contributed by atoms with Crippen molar-refractivity contribution in [2.45, 2.75) is 72.3 Å². The normalized spacial score (nSPS) is 48.6. The van der Waals surface area contributed by atoms with Crippen LogP contribution in [-0.2, 0) is 0 Å². The Morgan fingerprint density at radius 3 is 2.50 bits per heavy atom. The maximum absolute atomic E-state index is 10.4. The minimum absolute atomic E-state index is 0.111. The highest BCUT2D eigenvalue weighted by Crippen LogP contribution is 2.65. The van der Waals surface area contributed by atoms with Crippen molar-refractivity contribution >= 4 is 0 Å². The Balaban J connectivity index is 2.03. The van der Waals surface area contributed by atoms with Gasteiger partial charge in [-0.15, -0.1) is 0 Å². The lowest BCUT2D eigenvalue weighted by molar-refractivity contribution is -0.0407. The highest BCUT2D eigenvalue weighted by molar-refractivity contribution is 5.19. The summed E-state index contributed by atoms with van der Waals surface area (Å²) in [6.45, 7) is 9.77. The van der Waals surface area contributed by atoms with Crippen molar-refractivity contribution in [3.63, 3.8) is 0 Å². The lowest BCUT2D eigenvalue weighted by atomic mass is 9.51. The third-order valence-electron chi connectivity index (χ3n) is 7.45. The first-order valence-corrected chi connectivity index (χ1v) is 9.27. The van der Waals surface area contributed by atoms with E-state index in [0.29, 0.717) is 17.8 Å². The predicted octanol–water partition coefficient (Wildman–Crippen LogP) is 4.16. The van der Waals surface area contributed by atoms with Crippen LogP contribution in [0.1, 0.15) is 66.2 Å². The summed E-state index contributed by atoms with van der Waals surface area (Å²) in [4.78, 5) is 0. The molecule has 0 aliphatic heterocycles. The zero-order valence-electron chi connectivity index (χ0n) is 14.8. The van der Waals surface area contributed by atoms with Crippen LogP contribution in [0.25, 0.3) is 0 Å². The van der Waals surface area contributed by atoms with Gasteiger partial charge in [0.1, 0.15) is 0 Å². The molecule has 0 amide bonds. The van der Waals surface area contributed by atoms with Gasteiger partial charge in [-0.05, 0) is 78.6 Å². The van der Waals surface area contributed by atoms with Crippen LogP contribution in [0.4, 0.5) is 0 Å². The van der Waals surface area contributed by atoms with E-state index in [1.165, 1.54) is 25.7 Å². The molecule has 2 fully saturated rings. The SMILES string of the molecule is CC(C)[C@H]1CC[C@]2(C)CC[C@@]3(C)CC(O)CC(CO)=C[C@@H]3[C@@H]12. The van der Waals surface area contributed by atoms with Gasteiger partial charge in [0, 0.05) is 0 Å². The molecule has 6 atom stereocenters. The number of fused-ring (bicyclic) bond motifs is 3. The zero-order valence-corrected chi connectivity index (χ0v) is 14.8. The molecule has 0 aromatic rings.